The highest BCUT2D eigenvalue weighted by molar-refractivity contribution is 7.93. The zero-order valence-corrected chi connectivity index (χ0v) is 19.0. The van der Waals surface area contributed by atoms with E-state index in [1.807, 2.05) is 30.3 Å². The molecule has 0 fully saturated rings. The second kappa shape index (κ2) is 10.6. The second-order valence-corrected chi connectivity index (χ2v) is 8.87. The standard InChI is InChI=1S/C21H19N5O6S2/c27-20(28)16-8-4-5-9-17(16)25-34(31,32)19-12-15(26(29)30)10-11-18(19)23-24-21(33)22-13-14-6-2-1-3-7-14/h1-12,23,25H,13H2,(H,27,28)(H2,22,24,33). The molecule has 0 atom stereocenters. The third-order valence-electron chi connectivity index (χ3n) is 4.47. The van der Waals surface area contributed by atoms with Gasteiger partial charge >= 0.3 is 5.97 Å². The number of nitrogens with zero attached hydrogens (tertiary/aromatic N) is 1. The summed E-state index contributed by atoms with van der Waals surface area (Å²) >= 11 is 5.18. The molecule has 0 aliphatic carbocycles. The van der Waals surface area contributed by atoms with Crippen LogP contribution in [0.4, 0.5) is 17.1 Å². The lowest BCUT2D eigenvalue weighted by Gasteiger charge is -2.17. The summed E-state index contributed by atoms with van der Waals surface area (Å²) in [6.45, 7) is 0.410. The summed E-state index contributed by atoms with van der Waals surface area (Å²) in [7, 11) is -4.44. The summed E-state index contributed by atoms with van der Waals surface area (Å²) in [5.41, 5.74) is 5.24. The minimum absolute atomic E-state index is 0.0465. The van der Waals surface area contributed by atoms with Crippen LogP contribution in [0.3, 0.4) is 0 Å². The maximum absolute atomic E-state index is 13.1. The summed E-state index contributed by atoms with van der Waals surface area (Å²) in [6.07, 6.45) is 0. The van der Waals surface area contributed by atoms with Crippen molar-refractivity contribution in [2.24, 2.45) is 0 Å². The zero-order chi connectivity index (χ0) is 24.7. The fourth-order valence-corrected chi connectivity index (χ4v) is 4.24. The number of aromatic carboxylic acids is 1. The summed E-state index contributed by atoms with van der Waals surface area (Å²) in [6, 6.07) is 18.0. The van der Waals surface area contributed by atoms with Crippen molar-refractivity contribution in [3.63, 3.8) is 0 Å². The lowest BCUT2D eigenvalue weighted by Crippen LogP contribution is -2.38. The van der Waals surface area contributed by atoms with Crippen LogP contribution in [0.2, 0.25) is 0 Å². The number of anilines is 2. The highest BCUT2D eigenvalue weighted by atomic mass is 32.2. The molecule has 0 saturated carbocycles. The molecule has 0 spiro atoms. The molecule has 11 nitrogen and oxygen atoms in total. The summed E-state index contributed by atoms with van der Waals surface area (Å²) in [5.74, 6) is -1.34. The Balaban J connectivity index is 1.83. The van der Waals surface area contributed by atoms with Crippen LogP contribution in [0.1, 0.15) is 15.9 Å². The number of rotatable bonds is 9. The van der Waals surface area contributed by atoms with Gasteiger partial charge in [-0.25, -0.2) is 13.2 Å². The van der Waals surface area contributed by atoms with Gasteiger partial charge in [0.25, 0.3) is 15.7 Å². The molecule has 0 heterocycles. The minimum atomic E-state index is -4.44. The number of hydrogen-bond donors (Lipinski definition) is 5. The van der Waals surface area contributed by atoms with Crippen LogP contribution < -0.4 is 20.9 Å². The van der Waals surface area contributed by atoms with Gasteiger partial charge < -0.3 is 10.4 Å². The van der Waals surface area contributed by atoms with Crippen molar-refractivity contribution in [2.45, 2.75) is 11.4 Å². The average molecular weight is 502 g/mol. The maximum Gasteiger partial charge on any atom is 0.337 e. The molecule has 176 valence electrons. The van der Waals surface area contributed by atoms with Gasteiger partial charge in [-0.2, -0.15) is 0 Å². The number of para-hydroxylation sites is 1. The van der Waals surface area contributed by atoms with Crippen LogP contribution >= 0.6 is 12.2 Å². The van der Waals surface area contributed by atoms with Crippen LogP contribution in [0, 0.1) is 10.1 Å². The number of benzene rings is 3. The number of nitro groups is 1. The molecule has 0 bridgehead atoms. The Hall–Kier alpha value is -4.23. The third kappa shape index (κ3) is 6.17. The number of thiocarbonyl (C=S) groups is 1. The molecule has 5 N–H and O–H groups in total. The monoisotopic (exact) mass is 501 g/mol. The van der Waals surface area contributed by atoms with E-state index in [-0.39, 0.29) is 22.1 Å². The minimum Gasteiger partial charge on any atom is -0.478 e. The van der Waals surface area contributed by atoms with Crippen molar-refractivity contribution >= 4 is 50.4 Å². The first-order chi connectivity index (χ1) is 16.2. The Morgan fingerprint density at radius 3 is 2.35 bits per heavy atom. The predicted octanol–water partition coefficient (Wildman–Crippen LogP) is 3.09. The molecule has 13 heteroatoms. The zero-order valence-electron chi connectivity index (χ0n) is 17.4. The van der Waals surface area contributed by atoms with Crippen molar-refractivity contribution in [1.82, 2.24) is 10.7 Å². The lowest BCUT2D eigenvalue weighted by molar-refractivity contribution is -0.385. The van der Waals surface area contributed by atoms with Crippen LogP contribution in [0.25, 0.3) is 0 Å². The number of carbonyl (C=O) groups is 1. The van der Waals surface area contributed by atoms with Gasteiger partial charge in [-0.15, -0.1) is 0 Å². The second-order valence-electron chi connectivity index (χ2n) is 6.81. The predicted molar refractivity (Wildman–Crippen MR) is 130 cm³/mol. The van der Waals surface area contributed by atoms with Crippen LogP contribution in [-0.4, -0.2) is 29.5 Å². The third-order valence-corrected chi connectivity index (χ3v) is 6.13. The van der Waals surface area contributed by atoms with Gasteiger partial charge in [0.1, 0.15) is 4.90 Å². The summed E-state index contributed by atoms with van der Waals surface area (Å²) in [4.78, 5) is 21.4. The average Bonchev–Trinajstić information content (AvgIpc) is 2.81. The summed E-state index contributed by atoms with van der Waals surface area (Å²) < 4.78 is 28.3. The molecular formula is C21H19N5O6S2. The number of nitrogens with one attached hydrogen (secondary N) is 4. The Bertz CT molecular complexity index is 1330. The van der Waals surface area contributed by atoms with E-state index < -0.39 is 31.5 Å². The smallest absolute Gasteiger partial charge is 0.337 e. The van der Waals surface area contributed by atoms with Crippen LogP contribution in [-0.2, 0) is 16.6 Å². The molecular weight excluding hydrogens is 482 g/mol. The van der Waals surface area contributed by atoms with E-state index in [1.54, 1.807) is 0 Å². The molecule has 0 aromatic heterocycles. The normalized spacial score (nSPS) is 10.7. The van der Waals surface area contributed by atoms with Gasteiger partial charge in [0.2, 0.25) is 0 Å². The van der Waals surface area contributed by atoms with E-state index >= 15 is 0 Å². The van der Waals surface area contributed by atoms with E-state index in [0.717, 1.165) is 17.7 Å². The fourth-order valence-electron chi connectivity index (χ4n) is 2.86. The SMILES string of the molecule is O=C(O)c1ccccc1NS(=O)(=O)c1cc([N+](=O)[O-])ccc1NNC(=S)NCc1ccccc1. The topological polar surface area (TPSA) is 163 Å². The molecule has 3 rings (SSSR count). The lowest BCUT2D eigenvalue weighted by atomic mass is 10.2. The first-order valence-corrected chi connectivity index (χ1v) is 11.5. The van der Waals surface area contributed by atoms with E-state index in [2.05, 4.69) is 20.9 Å². The largest absolute Gasteiger partial charge is 0.478 e. The molecule has 3 aromatic carbocycles. The first-order valence-electron chi connectivity index (χ1n) is 9.65. The number of hydrogen-bond acceptors (Lipinski definition) is 7. The highest BCUT2D eigenvalue weighted by Gasteiger charge is 2.24. The number of carboxylic acids is 1. The van der Waals surface area contributed by atoms with Crippen molar-refractivity contribution in [3.8, 4) is 0 Å². The van der Waals surface area contributed by atoms with Gasteiger partial charge in [-0.3, -0.25) is 25.7 Å². The molecule has 0 saturated heterocycles. The Labute approximate surface area is 200 Å². The molecule has 34 heavy (non-hydrogen) atoms. The van der Waals surface area contributed by atoms with Crippen molar-refractivity contribution < 1.29 is 23.2 Å². The van der Waals surface area contributed by atoms with Gasteiger partial charge in [0.15, 0.2) is 5.11 Å². The number of non-ortho nitro benzene ring substituents is 1. The fraction of sp³-hybridized carbons (Fsp3) is 0.0476. The Morgan fingerprint density at radius 1 is 1.00 bits per heavy atom. The molecule has 0 aliphatic rings. The van der Waals surface area contributed by atoms with Gasteiger partial charge in [0, 0.05) is 18.7 Å². The molecule has 0 unspecified atom stereocenters. The molecule has 0 amide bonds. The van der Waals surface area contributed by atoms with E-state index in [9.17, 15) is 28.4 Å². The van der Waals surface area contributed by atoms with E-state index in [1.165, 1.54) is 30.3 Å². The Morgan fingerprint density at radius 2 is 1.68 bits per heavy atom. The van der Waals surface area contributed by atoms with Crippen LogP contribution in [0.5, 0.6) is 0 Å². The van der Waals surface area contributed by atoms with Gasteiger partial charge in [-0.05, 0) is 36.0 Å². The van der Waals surface area contributed by atoms with Gasteiger partial charge in [-0.1, -0.05) is 42.5 Å². The molecule has 0 radical (unpaired) electrons. The number of hydrazine groups is 1. The van der Waals surface area contributed by atoms with Crippen molar-refractivity contribution in [1.29, 1.82) is 0 Å². The van der Waals surface area contributed by atoms with Crippen molar-refractivity contribution in [2.75, 3.05) is 10.1 Å². The maximum atomic E-state index is 13.1. The number of carboxylic acid groups (broad SMARTS) is 1. The quantitative estimate of drug-likeness (QED) is 0.167. The number of sulfonamides is 1. The Kier molecular flexibility index (Phi) is 7.60. The first kappa shape index (κ1) is 24.4. The highest BCUT2D eigenvalue weighted by Crippen LogP contribution is 2.28. The van der Waals surface area contributed by atoms with Gasteiger partial charge in [0.05, 0.1) is 21.9 Å². The molecule has 0 aliphatic heterocycles. The number of nitro benzene ring substituents is 1. The van der Waals surface area contributed by atoms with Crippen LogP contribution in [0.15, 0.2) is 77.7 Å². The molecule has 3 aromatic rings. The van der Waals surface area contributed by atoms with Crippen molar-refractivity contribution in [3.05, 3.63) is 94.0 Å². The van der Waals surface area contributed by atoms with E-state index in [4.69, 9.17) is 12.2 Å². The summed E-state index contributed by atoms with van der Waals surface area (Å²) in [5, 5.41) is 23.6. The van der Waals surface area contributed by atoms with E-state index in [0.29, 0.717) is 6.54 Å².